The van der Waals surface area contributed by atoms with Gasteiger partial charge in [0.15, 0.2) is 0 Å². The Morgan fingerprint density at radius 3 is 2.35 bits per heavy atom. The number of carboxylic acid groups (broad SMARTS) is 1. The van der Waals surface area contributed by atoms with Gasteiger partial charge in [0.1, 0.15) is 6.04 Å². The summed E-state index contributed by atoms with van der Waals surface area (Å²) in [7, 11) is 0. The van der Waals surface area contributed by atoms with Crippen LogP contribution in [0.4, 0.5) is 0 Å². The van der Waals surface area contributed by atoms with E-state index in [9.17, 15) is 9.59 Å². The Hall–Kier alpha value is -1.32. The zero-order valence-corrected chi connectivity index (χ0v) is 10.2. The van der Waals surface area contributed by atoms with Crippen molar-refractivity contribution in [1.29, 1.82) is 0 Å². The third kappa shape index (κ3) is 4.59. The Balaban J connectivity index is 2.49. The molecule has 0 spiro atoms. The number of hydrogen-bond acceptors (Lipinski definition) is 2. The van der Waals surface area contributed by atoms with Gasteiger partial charge in [-0.2, -0.15) is 0 Å². The molecule has 0 aromatic heterocycles. The highest BCUT2D eigenvalue weighted by atomic mass is 16.4. The molecule has 0 heterocycles. The molecule has 0 aromatic carbocycles. The number of carboxylic acids is 1. The quantitative estimate of drug-likeness (QED) is 0.570. The van der Waals surface area contributed by atoms with E-state index in [1.54, 1.807) is 0 Å². The van der Waals surface area contributed by atoms with Gasteiger partial charge in [0.2, 0.25) is 5.91 Å². The molecule has 1 atom stereocenters. The van der Waals surface area contributed by atoms with Gasteiger partial charge in [-0.15, -0.1) is 6.58 Å². The molecule has 1 aliphatic carbocycles. The summed E-state index contributed by atoms with van der Waals surface area (Å²) < 4.78 is 0. The maximum Gasteiger partial charge on any atom is 0.326 e. The molecule has 0 bridgehead atoms. The number of nitrogens with one attached hydrogen (secondary N) is 1. The molecule has 1 unspecified atom stereocenters. The van der Waals surface area contributed by atoms with Gasteiger partial charge in [-0.25, -0.2) is 4.79 Å². The van der Waals surface area contributed by atoms with Crippen LogP contribution < -0.4 is 5.32 Å². The van der Waals surface area contributed by atoms with Gasteiger partial charge in [0.25, 0.3) is 0 Å². The van der Waals surface area contributed by atoms with Crippen LogP contribution in [0.2, 0.25) is 0 Å². The summed E-state index contributed by atoms with van der Waals surface area (Å²) in [4.78, 5) is 22.8. The molecule has 1 fully saturated rings. The third-order valence-electron chi connectivity index (χ3n) is 3.24. The first kappa shape index (κ1) is 13.7. The third-order valence-corrected chi connectivity index (χ3v) is 3.24. The summed E-state index contributed by atoms with van der Waals surface area (Å²) >= 11 is 0. The van der Waals surface area contributed by atoms with E-state index in [1.807, 2.05) is 0 Å². The van der Waals surface area contributed by atoms with E-state index in [-0.39, 0.29) is 18.2 Å². The van der Waals surface area contributed by atoms with Crippen molar-refractivity contribution >= 4 is 11.9 Å². The van der Waals surface area contributed by atoms with Crippen LogP contribution in [0.3, 0.4) is 0 Å². The van der Waals surface area contributed by atoms with Crippen LogP contribution in [0.1, 0.15) is 44.9 Å². The summed E-state index contributed by atoms with van der Waals surface area (Å²) in [6, 6.07) is -0.830. The van der Waals surface area contributed by atoms with Crippen molar-refractivity contribution in [2.24, 2.45) is 5.92 Å². The van der Waals surface area contributed by atoms with Crippen molar-refractivity contribution in [3.63, 3.8) is 0 Å². The Bertz CT molecular complexity index is 280. The second kappa shape index (κ2) is 7.09. The van der Waals surface area contributed by atoms with E-state index >= 15 is 0 Å². The fourth-order valence-electron chi connectivity index (χ4n) is 2.22. The molecule has 17 heavy (non-hydrogen) atoms. The molecule has 0 aromatic rings. The van der Waals surface area contributed by atoms with Gasteiger partial charge < -0.3 is 10.4 Å². The van der Waals surface area contributed by atoms with Crippen molar-refractivity contribution in [3.05, 3.63) is 12.7 Å². The zero-order chi connectivity index (χ0) is 12.7. The lowest BCUT2D eigenvalue weighted by atomic mass is 9.99. The molecule has 96 valence electrons. The van der Waals surface area contributed by atoms with Crippen molar-refractivity contribution in [1.82, 2.24) is 5.32 Å². The minimum Gasteiger partial charge on any atom is -0.480 e. The van der Waals surface area contributed by atoms with Crippen molar-refractivity contribution in [2.75, 3.05) is 0 Å². The molecular weight excluding hydrogens is 218 g/mol. The Morgan fingerprint density at radius 2 is 1.88 bits per heavy atom. The summed E-state index contributed by atoms with van der Waals surface area (Å²) in [6.07, 6.45) is 8.05. The highest BCUT2D eigenvalue weighted by Gasteiger charge is 2.24. The Labute approximate surface area is 102 Å². The minimum absolute atomic E-state index is 0.0100. The van der Waals surface area contributed by atoms with Gasteiger partial charge >= 0.3 is 5.97 Å². The molecule has 2 N–H and O–H groups in total. The second-order valence-electron chi connectivity index (χ2n) is 4.61. The fourth-order valence-corrected chi connectivity index (χ4v) is 2.22. The lowest BCUT2D eigenvalue weighted by molar-refractivity contribution is -0.142. The fraction of sp³-hybridized carbons (Fsp3) is 0.692. The molecule has 4 nitrogen and oxygen atoms in total. The standard InChI is InChI=1S/C13H21NO3/c1-2-7-11(13(16)17)14-12(15)10-8-5-3-4-6-9-10/h2,10-11H,1,3-9H2,(H,14,15)(H,16,17). The van der Waals surface area contributed by atoms with Gasteiger partial charge in [0, 0.05) is 5.92 Å². The normalized spacial score (nSPS) is 19.1. The average molecular weight is 239 g/mol. The molecule has 1 amide bonds. The van der Waals surface area contributed by atoms with E-state index in [0.717, 1.165) is 25.7 Å². The molecule has 4 heteroatoms. The van der Waals surface area contributed by atoms with Crippen molar-refractivity contribution in [2.45, 2.75) is 51.0 Å². The number of amides is 1. The van der Waals surface area contributed by atoms with Gasteiger partial charge in [0.05, 0.1) is 0 Å². The van der Waals surface area contributed by atoms with Crippen LogP contribution in [0.15, 0.2) is 12.7 Å². The SMILES string of the molecule is C=CCC(NC(=O)C1CCCCCC1)C(=O)O. The van der Waals surface area contributed by atoms with Crippen LogP contribution in [-0.4, -0.2) is 23.0 Å². The first-order valence-electron chi connectivity index (χ1n) is 6.29. The highest BCUT2D eigenvalue weighted by Crippen LogP contribution is 2.23. The van der Waals surface area contributed by atoms with E-state index < -0.39 is 12.0 Å². The second-order valence-corrected chi connectivity index (χ2v) is 4.61. The molecule has 0 aliphatic heterocycles. The number of aliphatic carboxylic acids is 1. The van der Waals surface area contributed by atoms with Crippen LogP contribution >= 0.6 is 0 Å². The first-order chi connectivity index (χ1) is 8.15. The minimum atomic E-state index is -0.994. The first-order valence-corrected chi connectivity index (χ1v) is 6.29. The zero-order valence-electron chi connectivity index (χ0n) is 10.2. The average Bonchev–Trinajstić information content (AvgIpc) is 2.56. The predicted molar refractivity (Wildman–Crippen MR) is 65.6 cm³/mol. The monoisotopic (exact) mass is 239 g/mol. The maximum atomic E-state index is 11.9. The van der Waals surface area contributed by atoms with Crippen molar-refractivity contribution < 1.29 is 14.7 Å². The highest BCUT2D eigenvalue weighted by molar-refractivity contribution is 5.85. The number of carbonyl (C=O) groups excluding carboxylic acids is 1. The van der Waals surface area contributed by atoms with E-state index in [2.05, 4.69) is 11.9 Å². The summed E-state index contributed by atoms with van der Waals surface area (Å²) in [6.45, 7) is 3.50. The largest absolute Gasteiger partial charge is 0.480 e. The van der Waals surface area contributed by atoms with E-state index in [0.29, 0.717) is 0 Å². The number of hydrogen-bond donors (Lipinski definition) is 2. The topological polar surface area (TPSA) is 66.4 Å². The summed E-state index contributed by atoms with van der Waals surface area (Å²) in [5, 5.41) is 11.5. The molecule has 1 rings (SSSR count). The van der Waals surface area contributed by atoms with Crippen LogP contribution in [0.5, 0.6) is 0 Å². The molecule has 1 aliphatic rings. The molecular formula is C13H21NO3. The van der Waals surface area contributed by atoms with Crippen LogP contribution in [-0.2, 0) is 9.59 Å². The van der Waals surface area contributed by atoms with E-state index in [4.69, 9.17) is 5.11 Å². The lowest BCUT2D eigenvalue weighted by Gasteiger charge is -2.18. The van der Waals surface area contributed by atoms with Gasteiger partial charge in [-0.05, 0) is 19.3 Å². The lowest BCUT2D eigenvalue weighted by Crippen LogP contribution is -2.43. The molecule has 1 saturated carbocycles. The van der Waals surface area contributed by atoms with Gasteiger partial charge in [-0.1, -0.05) is 31.8 Å². The van der Waals surface area contributed by atoms with Crippen molar-refractivity contribution in [3.8, 4) is 0 Å². The van der Waals surface area contributed by atoms with Crippen LogP contribution in [0.25, 0.3) is 0 Å². The maximum absolute atomic E-state index is 11.9. The molecule has 0 saturated heterocycles. The number of carbonyl (C=O) groups is 2. The Morgan fingerprint density at radius 1 is 1.29 bits per heavy atom. The predicted octanol–water partition coefficient (Wildman–Crippen LogP) is 2.10. The smallest absolute Gasteiger partial charge is 0.326 e. The summed E-state index contributed by atoms with van der Waals surface area (Å²) in [5.74, 6) is -1.11. The summed E-state index contributed by atoms with van der Waals surface area (Å²) in [5.41, 5.74) is 0. The number of rotatable bonds is 5. The van der Waals surface area contributed by atoms with Gasteiger partial charge in [-0.3, -0.25) is 4.79 Å². The van der Waals surface area contributed by atoms with E-state index in [1.165, 1.54) is 18.9 Å². The Kier molecular flexibility index (Phi) is 5.73. The van der Waals surface area contributed by atoms with Crippen LogP contribution in [0, 0.1) is 5.92 Å². The molecule has 0 radical (unpaired) electrons.